The highest BCUT2D eigenvalue weighted by atomic mass is 16.3. The van der Waals surface area contributed by atoms with Gasteiger partial charge < -0.3 is 9.73 Å². The smallest absolute Gasteiger partial charge is 0.120 e. The molecule has 1 N–H and O–H groups in total. The normalized spacial score (nSPS) is 19.9. The molecule has 1 heterocycles. The van der Waals surface area contributed by atoms with Crippen LogP contribution in [-0.4, -0.2) is 0 Å². The third kappa shape index (κ3) is 2.59. The molecule has 2 unspecified atom stereocenters. The van der Waals surface area contributed by atoms with Gasteiger partial charge in [-0.15, -0.1) is 0 Å². The van der Waals surface area contributed by atoms with Crippen molar-refractivity contribution in [3.63, 3.8) is 0 Å². The minimum absolute atomic E-state index is 0.311. The maximum absolute atomic E-state index is 5.55. The fourth-order valence-electron chi connectivity index (χ4n) is 3.06. The summed E-state index contributed by atoms with van der Waals surface area (Å²) in [7, 11) is 0. The molecule has 19 heavy (non-hydrogen) atoms. The zero-order valence-corrected chi connectivity index (χ0v) is 11.4. The number of nitrogens with one attached hydrogen (secondary N) is 1. The molecule has 1 aliphatic rings. The van der Waals surface area contributed by atoms with Crippen LogP contribution in [0.25, 0.3) is 0 Å². The van der Waals surface area contributed by atoms with E-state index in [2.05, 4.69) is 42.6 Å². The van der Waals surface area contributed by atoms with Gasteiger partial charge in [0, 0.05) is 6.04 Å². The van der Waals surface area contributed by atoms with Gasteiger partial charge in [-0.2, -0.15) is 0 Å². The van der Waals surface area contributed by atoms with Crippen LogP contribution < -0.4 is 5.32 Å². The van der Waals surface area contributed by atoms with Gasteiger partial charge in [-0.3, -0.25) is 0 Å². The highest BCUT2D eigenvalue weighted by Crippen LogP contribution is 2.32. The Hall–Kier alpha value is -1.54. The maximum Gasteiger partial charge on any atom is 0.120 e. The van der Waals surface area contributed by atoms with Gasteiger partial charge >= 0.3 is 0 Å². The monoisotopic (exact) mass is 255 g/mol. The van der Waals surface area contributed by atoms with E-state index in [-0.39, 0.29) is 0 Å². The largest absolute Gasteiger partial charge is 0.468 e. The lowest BCUT2D eigenvalue weighted by Gasteiger charge is -2.29. The molecule has 100 valence electrons. The first kappa shape index (κ1) is 12.5. The van der Waals surface area contributed by atoms with Crippen LogP contribution >= 0.6 is 0 Å². The van der Waals surface area contributed by atoms with Gasteiger partial charge in [-0.25, -0.2) is 0 Å². The standard InChI is InChI=1S/C17H21NO/c1-2-15(17-11-6-12-19-17)18-16-10-5-8-13-7-3-4-9-14(13)16/h3-4,6-7,9,11-12,15-16,18H,2,5,8,10H2,1H3. The highest BCUT2D eigenvalue weighted by Gasteiger charge is 2.23. The van der Waals surface area contributed by atoms with Crippen molar-refractivity contribution in [1.29, 1.82) is 0 Å². The van der Waals surface area contributed by atoms with Crippen LogP contribution in [0.5, 0.6) is 0 Å². The number of hydrogen-bond donors (Lipinski definition) is 1. The molecule has 0 fully saturated rings. The molecule has 0 aliphatic heterocycles. The lowest BCUT2D eigenvalue weighted by molar-refractivity contribution is 0.345. The number of benzene rings is 1. The molecule has 1 aromatic carbocycles. The van der Waals surface area contributed by atoms with Crippen LogP contribution in [0.1, 0.15) is 55.2 Å². The van der Waals surface area contributed by atoms with Gasteiger partial charge in [0.15, 0.2) is 0 Å². The van der Waals surface area contributed by atoms with E-state index < -0.39 is 0 Å². The van der Waals surface area contributed by atoms with E-state index >= 15 is 0 Å². The molecule has 2 heteroatoms. The second kappa shape index (κ2) is 5.62. The van der Waals surface area contributed by atoms with E-state index in [0.717, 1.165) is 12.2 Å². The summed E-state index contributed by atoms with van der Waals surface area (Å²) < 4.78 is 5.55. The van der Waals surface area contributed by atoms with E-state index in [1.807, 2.05) is 6.07 Å². The fourth-order valence-corrected chi connectivity index (χ4v) is 3.06. The molecule has 0 radical (unpaired) electrons. The Kier molecular flexibility index (Phi) is 3.69. The van der Waals surface area contributed by atoms with Crippen LogP contribution in [-0.2, 0) is 6.42 Å². The van der Waals surface area contributed by atoms with Gasteiger partial charge in [-0.1, -0.05) is 31.2 Å². The second-order valence-electron chi connectivity index (χ2n) is 5.29. The summed E-state index contributed by atoms with van der Waals surface area (Å²) in [4.78, 5) is 0. The zero-order valence-electron chi connectivity index (χ0n) is 11.4. The first-order chi connectivity index (χ1) is 9.38. The molecule has 2 aromatic rings. The Labute approximate surface area is 114 Å². The Morgan fingerprint density at radius 2 is 2.16 bits per heavy atom. The third-order valence-electron chi connectivity index (χ3n) is 4.07. The molecule has 0 spiro atoms. The van der Waals surface area contributed by atoms with Crippen molar-refractivity contribution in [3.05, 3.63) is 59.5 Å². The summed E-state index contributed by atoms with van der Waals surface area (Å²) >= 11 is 0. The van der Waals surface area contributed by atoms with Gasteiger partial charge in [0.05, 0.1) is 12.3 Å². The minimum atomic E-state index is 0.311. The lowest BCUT2D eigenvalue weighted by Crippen LogP contribution is -2.28. The summed E-state index contributed by atoms with van der Waals surface area (Å²) in [5.74, 6) is 1.05. The summed E-state index contributed by atoms with van der Waals surface area (Å²) in [5, 5.41) is 3.77. The molecule has 3 rings (SSSR count). The summed E-state index contributed by atoms with van der Waals surface area (Å²) in [6, 6.07) is 13.6. The fraction of sp³-hybridized carbons (Fsp3) is 0.412. The van der Waals surface area contributed by atoms with Crippen LogP contribution in [0, 0.1) is 0 Å². The predicted molar refractivity (Wildman–Crippen MR) is 77.0 cm³/mol. The van der Waals surface area contributed by atoms with Crippen LogP contribution in [0.4, 0.5) is 0 Å². The second-order valence-corrected chi connectivity index (χ2v) is 5.29. The number of furan rings is 1. The highest BCUT2D eigenvalue weighted by molar-refractivity contribution is 5.32. The van der Waals surface area contributed by atoms with Crippen molar-refractivity contribution in [2.45, 2.75) is 44.7 Å². The molecule has 2 nitrogen and oxygen atoms in total. The van der Waals surface area contributed by atoms with Crippen molar-refractivity contribution in [2.24, 2.45) is 0 Å². The van der Waals surface area contributed by atoms with Crippen molar-refractivity contribution < 1.29 is 4.42 Å². The number of fused-ring (bicyclic) bond motifs is 1. The SMILES string of the molecule is CCC(NC1CCCc2ccccc21)c1ccco1. The summed E-state index contributed by atoms with van der Waals surface area (Å²) in [6.07, 6.45) is 6.50. The Morgan fingerprint density at radius 1 is 1.26 bits per heavy atom. The van der Waals surface area contributed by atoms with Gasteiger partial charge in [0.25, 0.3) is 0 Å². The Morgan fingerprint density at radius 3 is 2.95 bits per heavy atom. The van der Waals surface area contributed by atoms with Crippen LogP contribution in [0.3, 0.4) is 0 Å². The first-order valence-corrected chi connectivity index (χ1v) is 7.25. The van der Waals surface area contributed by atoms with Gasteiger partial charge in [-0.05, 0) is 48.9 Å². The summed E-state index contributed by atoms with van der Waals surface area (Å²) in [5.41, 5.74) is 2.97. The number of aryl methyl sites for hydroxylation is 1. The first-order valence-electron chi connectivity index (χ1n) is 7.25. The third-order valence-corrected chi connectivity index (χ3v) is 4.07. The molecule has 0 saturated heterocycles. The van der Waals surface area contributed by atoms with Crippen molar-refractivity contribution >= 4 is 0 Å². The predicted octanol–water partition coefficient (Wildman–Crippen LogP) is 4.40. The van der Waals surface area contributed by atoms with Crippen molar-refractivity contribution in [2.75, 3.05) is 0 Å². The molecule has 0 saturated carbocycles. The van der Waals surface area contributed by atoms with Crippen molar-refractivity contribution in [1.82, 2.24) is 5.32 Å². The average Bonchev–Trinajstić information content (AvgIpc) is 2.99. The van der Waals surface area contributed by atoms with Gasteiger partial charge in [0.2, 0.25) is 0 Å². The van der Waals surface area contributed by atoms with E-state index in [9.17, 15) is 0 Å². The van der Waals surface area contributed by atoms with E-state index in [0.29, 0.717) is 12.1 Å². The molecule has 0 amide bonds. The zero-order chi connectivity index (χ0) is 13.1. The molecule has 1 aromatic heterocycles. The summed E-state index contributed by atoms with van der Waals surface area (Å²) in [6.45, 7) is 2.20. The van der Waals surface area contributed by atoms with E-state index in [1.165, 1.54) is 30.4 Å². The quantitative estimate of drug-likeness (QED) is 0.876. The number of rotatable bonds is 4. The molecular formula is C17H21NO. The minimum Gasteiger partial charge on any atom is -0.468 e. The topological polar surface area (TPSA) is 25.2 Å². The molecule has 2 atom stereocenters. The van der Waals surface area contributed by atoms with E-state index in [1.54, 1.807) is 6.26 Å². The van der Waals surface area contributed by atoms with E-state index in [4.69, 9.17) is 4.42 Å². The average molecular weight is 255 g/mol. The Balaban J connectivity index is 1.80. The number of hydrogen-bond acceptors (Lipinski definition) is 2. The lowest BCUT2D eigenvalue weighted by atomic mass is 9.87. The van der Waals surface area contributed by atoms with Gasteiger partial charge in [0.1, 0.15) is 5.76 Å². The van der Waals surface area contributed by atoms with Crippen LogP contribution in [0.2, 0.25) is 0 Å². The maximum atomic E-state index is 5.55. The van der Waals surface area contributed by atoms with Crippen molar-refractivity contribution in [3.8, 4) is 0 Å². The van der Waals surface area contributed by atoms with Crippen LogP contribution in [0.15, 0.2) is 47.1 Å². The molecule has 1 aliphatic carbocycles. The molecular weight excluding hydrogens is 234 g/mol. The Bertz CT molecular complexity index is 518. The molecule has 0 bridgehead atoms.